The quantitative estimate of drug-likeness (QED) is 0.429. The molecule has 0 aliphatic heterocycles. The topological polar surface area (TPSA) is 97.8 Å². The van der Waals surface area contributed by atoms with Crippen molar-refractivity contribution in [3.05, 3.63) is 51.5 Å². The maximum Gasteiger partial charge on any atom is 0.271 e. The molecular formula is C13H9ClN4O2. The minimum Gasteiger partial charge on any atom is -0.398 e. The number of H-pyrrole nitrogens is 1. The number of fused-ring (bicyclic) bond motifs is 1. The lowest BCUT2D eigenvalue weighted by Gasteiger charge is -2.00. The standard InChI is InChI=1S/C13H9ClN4O2/c14-9-3-1-7(5-10(9)15)13-16-11-4-2-8(18(19)20)6-12(11)17-13/h1-6H,15H2,(H,16,17). The summed E-state index contributed by atoms with van der Waals surface area (Å²) in [7, 11) is 0. The van der Waals surface area contributed by atoms with Crippen LogP contribution in [0, 0.1) is 10.1 Å². The van der Waals surface area contributed by atoms with E-state index >= 15 is 0 Å². The van der Waals surface area contributed by atoms with Crippen molar-refractivity contribution in [3.63, 3.8) is 0 Å². The predicted molar refractivity (Wildman–Crippen MR) is 77.6 cm³/mol. The summed E-state index contributed by atoms with van der Waals surface area (Å²) in [5.41, 5.74) is 8.25. The molecular weight excluding hydrogens is 280 g/mol. The minimum absolute atomic E-state index is 0.0170. The molecule has 6 nitrogen and oxygen atoms in total. The molecule has 3 N–H and O–H groups in total. The van der Waals surface area contributed by atoms with Crippen LogP contribution in [0.5, 0.6) is 0 Å². The van der Waals surface area contributed by atoms with Gasteiger partial charge in [0.1, 0.15) is 5.82 Å². The van der Waals surface area contributed by atoms with E-state index in [1.807, 2.05) is 0 Å². The fourth-order valence-corrected chi connectivity index (χ4v) is 2.06. The summed E-state index contributed by atoms with van der Waals surface area (Å²) in [6.07, 6.45) is 0. The van der Waals surface area contributed by atoms with Gasteiger partial charge in [-0.25, -0.2) is 4.98 Å². The third kappa shape index (κ3) is 2.06. The number of hydrogen-bond donors (Lipinski definition) is 2. The third-order valence-corrected chi connectivity index (χ3v) is 3.29. The van der Waals surface area contributed by atoms with Gasteiger partial charge in [-0.3, -0.25) is 10.1 Å². The number of non-ortho nitro benzene ring substituents is 1. The number of anilines is 1. The molecule has 0 aliphatic carbocycles. The lowest BCUT2D eigenvalue weighted by Crippen LogP contribution is -1.88. The Balaban J connectivity index is 2.12. The van der Waals surface area contributed by atoms with Crippen LogP contribution in [0.1, 0.15) is 0 Å². The van der Waals surface area contributed by atoms with E-state index in [9.17, 15) is 10.1 Å². The number of hydrogen-bond acceptors (Lipinski definition) is 4. The summed E-state index contributed by atoms with van der Waals surface area (Å²) < 4.78 is 0. The Morgan fingerprint density at radius 3 is 2.75 bits per heavy atom. The highest BCUT2D eigenvalue weighted by atomic mass is 35.5. The zero-order valence-electron chi connectivity index (χ0n) is 10.1. The maximum absolute atomic E-state index is 10.7. The third-order valence-electron chi connectivity index (χ3n) is 2.95. The van der Waals surface area contributed by atoms with Crippen LogP contribution in [-0.2, 0) is 0 Å². The number of rotatable bonds is 2. The van der Waals surface area contributed by atoms with E-state index in [0.29, 0.717) is 27.6 Å². The molecule has 0 bridgehead atoms. The molecule has 2 aromatic carbocycles. The van der Waals surface area contributed by atoms with Gasteiger partial charge in [-0.1, -0.05) is 11.6 Å². The number of nitrogen functional groups attached to an aromatic ring is 1. The molecule has 1 aromatic heterocycles. The molecule has 0 saturated heterocycles. The lowest BCUT2D eigenvalue weighted by molar-refractivity contribution is -0.384. The Bertz CT molecular complexity index is 828. The van der Waals surface area contributed by atoms with Crippen LogP contribution in [0.2, 0.25) is 5.02 Å². The first-order chi connectivity index (χ1) is 9.54. The van der Waals surface area contributed by atoms with Crippen molar-refractivity contribution in [2.24, 2.45) is 0 Å². The van der Waals surface area contributed by atoms with Crippen LogP contribution in [0.15, 0.2) is 36.4 Å². The van der Waals surface area contributed by atoms with Crippen molar-refractivity contribution in [1.82, 2.24) is 9.97 Å². The summed E-state index contributed by atoms with van der Waals surface area (Å²) in [5.74, 6) is 0.587. The first-order valence-corrected chi connectivity index (χ1v) is 6.12. The lowest BCUT2D eigenvalue weighted by atomic mass is 10.2. The monoisotopic (exact) mass is 288 g/mol. The minimum atomic E-state index is -0.444. The second-order valence-corrected chi connectivity index (χ2v) is 4.69. The molecule has 20 heavy (non-hydrogen) atoms. The van der Waals surface area contributed by atoms with Gasteiger partial charge < -0.3 is 10.7 Å². The summed E-state index contributed by atoms with van der Waals surface area (Å²) >= 11 is 5.87. The fraction of sp³-hybridized carbons (Fsp3) is 0. The highest BCUT2D eigenvalue weighted by Crippen LogP contribution is 2.27. The molecule has 0 radical (unpaired) electrons. The maximum atomic E-state index is 10.7. The van der Waals surface area contributed by atoms with E-state index in [1.54, 1.807) is 24.3 Å². The van der Waals surface area contributed by atoms with E-state index in [0.717, 1.165) is 5.56 Å². The van der Waals surface area contributed by atoms with Crippen molar-refractivity contribution in [2.45, 2.75) is 0 Å². The zero-order valence-corrected chi connectivity index (χ0v) is 10.9. The van der Waals surface area contributed by atoms with E-state index < -0.39 is 4.92 Å². The predicted octanol–water partition coefficient (Wildman–Crippen LogP) is 3.37. The number of nitrogens with two attached hydrogens (primary N) is 1. The van der Waals surface area contributed by atoms with Gasteiger partial charge in [0.25, 0.3) is 5.69 Å². The second-order valence-electron chi connectivity index (χ2n) is 4.28. The second kappa shape index (κ2) is 4.50. The van der Waals surface area contributed by atoms with Crippen LogP contribution in [0.25, 0.3) is 22.4 Å². The largest absolute Gasteiger partial charge is 0.398 e. The molecule has 0 saturated carbocycles. The molecule has 0 atom stereocenters. The Morgan fingerprint density at radius 2 is 2.05 bits per heavy atom. The van der Waals surface area contributed by atoms with Crippen molar-refractivity contribution < 1.29 is 4.92 Å². The average Bonchev–Trinajstić information content (AvgIpc) is 2.84. The van der Waals surface area contributed by atoms with Gasteiger partial charge in [0.05, 0.1) is 26.7 Å². The normalized spacial score (nSPS) is 10.8. The van der Waals surface area contributed by atoms with Crippen LogP contribution in [0.3, 0.4) is 0 Å². The highest BCUT2D eigenvalue weighted by Gasteiger charge is 2.11. The molecule has 0 unspecified atom stereocenters. The molecule has 1 heterocycles. The number of benzene rings is 2. The summed E-state index contributed by atoms with van der Waals surface area (Å²) in [4.78, 5) is 17.7. The van der Waals surface area contributed by atoms with Crippen molar-refractivity contribution in [2.75, 3.05) is 5.73 Å². The first kappa shape index (κ1) is 12.4. The number of imidazole rings is 1. The average molecular weight is 289 g/mol. The number of nitrogens with one attached hydrogen (secondary N) is 1. The number of nitro groups is 1. The summed E-state index contributed by atoms with van der Waals surface area (Å²) in [6, 6.07) is 9.64. The highest BCUT2D eigenvalue weighted by molar-refractivity contribution is 6.33. The van der Waals surface area contributed by atoms with E-state index in [1.165, 1.54) is 12.1 Å². The van der Waals surface area contributed by atoms with E-state index in [4.69, 9.17) is 17.3 Å². The van der Waals surface area contributed by atoms with Gasteiger partial charge >= 0.3 is 0 Å². The number of nitrogens with zero attached hydrogens (tertiary/aromatic N) is 2. The molecule has 3 aromatic rings. The molecule has 3 rings (SSSR count). The Hall–Kier alpha value is -2.60. The Kier molecular flexibility index (Phi) is 2.80. The van der Waals surface area contributed by atoms with Crippen molar-refractivity contribution >= 4 is 34.0 Å². The Labute approximate surface area is 118 Å². The summed E-state index contributed by atoms with van der Waals surface area (Å²) in [6.45, 7) is 0. The zero-order chi connectivity index (χ0) is 14.3. The summed E-state index contributed by atoms with van der Waals surface area (Å²) in [5, 5.41) is 11.2. The van der Waals surface area contributed by atoms with E-state index in [2.05, 4.69) is 9.97 Å². The molecule has 0 fully saturated rings. The van der Waals surface area contributed by atoms with Crippen LogP contribution >= 0.6 is 11.6 Å². The van der Waals surface area contributed by atoms with Gasteiger partial charge in [0.2, 0.25) is 0 Å². The van der Waals surface area contributed by atoms with Gasteiger partial charge in [-0.05, 0) is 24.3 Å². The smallest absolute Gasteiger partial charge is 0.271 e. The fourth-order valence-electron chi connectivity index (χ4n) is 1.94. The van der Waals surface area contributed by atoms with Gasteiger partial charge in [-0.2, -0.15) is 0 Å². The van der Waals surface area contributed by atoms with Crippen molar-refractivity contribution in [3.8, 4) is 11.4 Å². The van der Waals surface area contributed by atoms with Gasteiger partial charge in [0, 0.05) is 17.7 Å². The van der Waals surface area contributed by atoms with Crippen LogP contribution in [0.4, 0.5) is 11.4 Å². The number of aromatic amines is 1. The van der Waals surface area contributed by atoms with E-state index in [-0.39, 0.29) is 5.69 Å². The van der Waals surface area contributed by atoms with Crippen LogP contribution in [-0.4, -0.2) is 14.9 Å². The molecule has 7 heteroatoms. The molecule has 0 aliphatic rings. The van der Waals surface area contributed by atoms with Gasteiger partial charge in [0.15, 0.2) is 0 Å². The number of aromatic nitrogens is 2. The number of halogens is 1. The SMILES string of the molecule is Nc1cc(-c2nc3ccc([N+](=O)[O-])cc3[nH]2)ccc1Cl. The molecule has 0 spiro atoms. The molecule has 100 valence electrons. The van der Waals surface area contributed by atoms with Crippen LogP contribution < -0.4 is 5.73 Å². The first-order valence-electron chi connectivity index (χ1n) is 5.74. The van der Waals surface area contributed by atoms with Gasteiger partial charge in [-0.15, -0.1) is 0 Å². The Morgan fingerprint density at radius 1 is 1.25 bits per heavy atom. The van der Waals surface area contributed by atoms with Crippen molar-refractivity contribution in [1.29, 1.82) is 0 Å². The number of nitro benzene ring substituents is 1. The molecule has 0 amide bonds.